The Kier molecular flexibility index (Phi) is 4.40. The number of aromatic nitrogens is 1. The van der Waals surface area contributed by atoms with Crippen molar-refractivity contribution in [3.63, 3.8) is 0 Å². The summed E-state index contributed by atoms with van der Waals surface area (Å²) in [5.41, 5.74) is 0.269. The molecule has 0 unspecified atom stereocenters. The zero-order chi connectivity index (χ0) is 15.6. The van der Waals surface area contributed by atoms with E-state index in [0.717, 1.165) is 9.18 Å². The molecule has 0 radical (unpaired) electrons. The summed E-state index contributed by atoms with van der Waals surface area (Å²) in [4.78, 5) is 17.2. The van der Waals surface area contributed by atoms with Crippen LogP contribution in [0.2, 0.25) is 0 Å². The Hall–Kier alpha value is -1.77. The van der Waals surface area contributed by atoms with Crippen molar-refractivity contribution in [1.29, 1.82) is 0 Å². The molecular weight excluding hydrogens is 310 g/mol. The van der Waals surface area contributed by atoms with E-state index in [4.69, 9.17) is 0 Å². The van der Waals surface area contributed by atoms with Crippen LogP contribution in [0.1, 0.15) is 15.2 Å². The molecule has 8 heteroatoms. The number of nitrogens with one attached hydrogen (secondary N) is 1. The normalized spacial score (nSPS) is 11.6. The van der Waals surface area contributed by atoms with E-state index in [1.54, 1.807) is 18.3 Å². The Bertz CT molecular complexity index is 766. The summed E-state index contributed by atoms with van der Waals surface area (Å²) in [6.45, 7) is 1.89. The fourth-order valence-electron chi connectivity index (χ4n) is 1.59. The number of aryl methyl sites for hydroxylation is 1. The molecule has 1 aromatic heterocycles. The zero-order valence-corrected chi connectivity index (χ0v) is 13.5. The molecule has 0 aliphatic carbocycles. The van der Waals surface area contributed by atoms with E-state index in [2.05, 4.69) is 10.3 Å². The lowest BCUT2D eigenvalue weighted by atomic mass is 10.2. The smallest absolute Gasteiger partial charge is 0.257 e. The van der Waals surface area contributed by atoms with Gasteiger partial charge in [0.05, 0.1) is 4.90 Å². The first-order valence-corrected chi connectivity index (χ1v) is 8.33. The fraction of sp³-hybridized carbons (Fsp3) is 0.231. The largest absolute Gasteiger partial charge is 0.298 e. The third-order valence-electron chi connectivity index (χ3n) is 2.72. The maximum absolute atomic E-state index is 12.1. The van der Waals surface area contributed by atoms with E-state index < -0.39 is 10.0 Å². The fourth-order valence-corrected chi connectivity index (χ4v) is 3.20. The number of carbonyl (C=O) groups is 1. The van der Waals surface area contributed by atoms with E-state index in [-0.39, 0.29) is 16.4 Å². The highest BCUT2D eigenvalue weighted by Gasteiger charge is 2.19. The van der Waals surface area contributed by atoms with Crippen molar-refractivity contribution in [3.05, 3.63) is 40.9 Å². The molecule has 1 N–H and O–H groups in total. The highest BCUT2D eigenvalue weighted by atomic mass is 32.2. The number of rotatable bonds is 4. The van der Waals surface area contributed by atoms with Crippen LogP contribution in [0.5, 0.6) is 0 Å². The van der Waals surface area contributed by atoms with Crippen LogP contribution in [0.25, 0.3) is 0 Å². The van der Waals surface area contributed by atoms with Gasteiger partial charge in [0.1, 0.15) is 0 Å². The average Bonchev–Trinajstić information content (AvgIpc) is 2.84. The number of hydrogen-bond acceptors (Lipinski definition) is 5. The first-order valence-electron chi connectivity index (χ1n) is 6.07. The summed E-state index contributed by atoms with van der Waals surface area (Å²) < 4.78 is 25.2. The van der Waals surface area contributed by atoms with Gasteiger partial charge in [0.2, 0.25) is 10.0 Å². The van der Waals surface area contributed by atoms with Crippen LogP contribution >= 0.6 is 11.3 Å². The second kappa shape index (κ2) is 5.92. The van der Waals surface area contributed by atoms with Gasteiger partial charge in [-0.25, -0.2) is 17.7 Å². The quantitative estimate of drug-likeness (QED) is 0.932. The molecule has 0 atom stereocenters. The molecule has 1 aromatic carbocycles. The monoisotopic (exact) mass is 325 g/mol. The van der Waals surface area contributed by atoms with Crippen molar-refractivity contribution in [3.8, 4) is 0 Å². The standard InChI is InChI=1S/C13H15N3O3S2/c1-9-8-14-13(20-9)15-12(17)10-5-4-6-11(7-10)21(18,19)16(2)3/h4-8H,1-3H3,(H,14,15,17). The Morgan fingerprint density at radius 2 is 2.05 bits per heavy atom. The first-order chi connectivity index (χ1) is 9.80. The molecule has 21 heavy (non-hydrogen) atoms. The van der Waals surface area contributed by atoms with E-state index in [0.29, 0.717) is 5.13 Å². The molecular formula is C13H15N3O3S2. The molecule has 0 aliphatic heterocycles. The van der Waals surface area contributed by atoms with Crippen molar-refractivity contribution in [1.82, 2.24) is 9.29 Å². The van der Waals surface area contributed by atoms with Crippen LogP contribution in [0.15, 0.2) is 35.4 Å². The molecule has 0 aliphatic rings. The first kappa shape index (κ1) is 15.6. The van der Waals surface area contributed by atoms with Crippen LogP contribution in [0, 0.1) is 6.92 Å². The summed E-state index contributed by atoms with van der Waals surface area (Å²) in [7, 11) is -0.672. The van der Waals surface area contributed by atoms with Crippen LogP contribution in [-0.2, 0) is 10.0 Å². The van der Waals surface area contributed by atoms with Gasteiger partial charge in [0, 0.05) is 30.7 Å². The Labute approximate surface area is 127 Å². The number of sulfonamides is 1. The lowest BCUT2D eigenvalue weighted by molar-refractivity contribution is 0.102. The Balaban J connectivity index is 2.27. The zero-order valence-electron chi connectivity index (χ0n) is 11.8. The molecule has 0 fully saturated rings. The Morgan fingerprint density at radius 3 is 2.62 bits per heavy atom. The van der Waals surface area contributed by atoms with Gasteiger partial charge in [-0.15, -0.1) is 11.3 Å². The number of amides is 1. The number of hydrogen-bond donors (Lipinski definition) is 1. The maximum Gasteiger partial charge on any atom is 0.257 e. The van der Waals surface area contributed by atoms with Gasteiger partial charge in [-0.1, -0.05) is 6.07 Å². The summed E-state index contributed by atoms with van der Waals surface area (Å²) >= 11 is 1.36. The van der Waals surface area contributed by atoms with Gasteiger partial charge in [-0.05, 0) is 25.1 Å². The molecule has 6 nitrogen and oxygen atoms in total. The minimum Gasteiger partial charge on any atom is -0.298 e. The number of anilines is 1. The van der Waals surface area contributed by atoms with Crippen molar-refractivity contribution >= 4 is 32.4 Å². The number of nitrogens with zero attached hydrogens (tertiary/aromatic N) is 2. The van der Waals surface area contributed by atoms with Gasteiger partial charge in [-0.2, -0.15) is 0 Å². The second-order valence-electron chi connectivity index (χ2n) is 4.55. The van der Waals surface area contributed by atoms with Crippen LogP contribution in [0.3, 0.4) is 0 Å². The number of carbonyl (C=O) groups excluding carboxylic acids is 1. The molecule has 0 saturated heterocycles. The SMILES string of the molecule is Cc1cnc(NC(=O)c2cccc(S(=O)(=O)N(C)C)c2)s1. The van der Waals surface area contributed by atoms with Gasteiger partial charge < -0.3 is 0 Å². The van der Waals surface area contributed by atoms with Crippen molar-refractivity contribution in [2.45, 2.75) is 11.8 Å². The van der Waals surface area contributed by atoms with E-state index >= 15 is 0 Å². The van der Waals surface area contributed by atoms with E-state index in [1.807, 2.05) is 6.92 Å². The van der Waals surface area contributed by atoms with Crippen LogP contribution in [-0.4, -0.2) is 37.7 Å². The lowest BCUT2D eigenvalue weighted by Gasteiger charge is -2.12. The van der Waals surface area contributed by atoms with Crippen LogP contribution in [0.4, 0.5) is 5.13 Å². The molecule has 2 aromatic rings. The van der Waals surface area contributed by atoms with Gasteiger partial charge >= 0.3 is 0 Å². The van der Waals surface area contributed by atoms with Crippen LogP contribution < -0.4 is 5.32 Å². The van der Waals surface area contributed by atoms with Gasteiger partial charge in [-0.3, -0.25) is 10.1 Å². The van der Waals surface area contributed by atoms with Gasteiger partial charge in [0.25, 0.3) is 5.91 Å². The highest BCUT2D eigenvalue weighted by molar-refractivity contribution is 7.89. The minimum atomic E-state index is -3.56. The van der Waals surface area contributed by atoms with Crippen molar-refractivity contribution < 1.29 is 13.2 Å². The second-order valence-corrected chi connectivity index (χ2v) is 7.93. The average molecular weight is 325 g/mol. The van der Waals surface area contributed by atoms with Crippen molar-refractivity contribution in [2.75, 3.05) is 19.4 Å². The molecule has 112 valence electrons. The topological polar surface area (TPSA) is 79.4 Å². The third-order valence-corrected chi connectivity index (χ3v) is 5.36. The minimum absolute atomic E-state index is 0.0791. The molecule has 0 bridgehead atoms. The molecule has 0 spiro atoms. The predicted molar refractivity (Wildman–Crippen MR) is 82.1 cm³/mol. The molecule has 0 saturated carbocycles. The van der Waals surface area contributed by atoms with Crippen molar-refractivity contribution in [2.24, 2.45) is 0 Å². The predicted octanol–water partition coefficient (Wildman–Crippen LogP) is 1.95. The number of benzene rings is 1. The summed E-state index contributed by atoms with van der Waals surface area (Å²) in [6.07, 6.45) is 1.66. The van der Waals surface area contributed by atoms with Gasteiger partial charge in [0.15, 0.2) is 5.13 Å². The van der Waals surface area contributed by atoms with E-state index in [9.17, 15) is 13.2 Å². The molecule has 1 amide bonds. The summed E-state index contributed by atoms with van der Waals surface area (Å²) in [5.74, 6) is -0.389. The maximum atomic E-state index is 12.1. The highest BCUT2D eigenvalue weighted by Crippen LogP contribution is 2.19. The third kappa shape index (κ3) is 3.46. The summed E-state index contributed by atoms with van der Waals surface area (Å²) in [6, 6.07) is 5.91. The molecule has 2 rings (SSSR count). The lowest BCUT2D eigenvalue weighted by Crippen LogP contribution is -2.22. The number of thiazole rings is 1. The van der Waals surface area contributed by atoms with E-state index in [1.165, 1.54) is 37.6 Å². The molecule has 1 heterocycles. The Morgan fingerprint density at radius 1 is 1.33 bits per heavy atom. The summed E-state index contributed by atoms with van der Waals surface area (Å²) in [5, 5.41) is 3.13.